The molecule has 0 spiro atoms. The van der Waals surface area contributed by atoms with E-state index in [0.29, 0.717) is 38.7 Å². The monoisotopic (exact) mass is 607 g/mol. The summed E-state index contributed by atoms with van der Waals surface area (Å²) in [6.07, 6.45) is -3.84. The van der Waals surface area contributed by atoms with Crippen molar-refractivity contribution in [2.24, 2.45) is 0 Å². The summed E-state index contributed by atoms with van der Waals surface area (Å²) in [6, 6.07) is 0.776. The van der Waals surface area contributed by atoms with Crippen LogP contribution in [0.4, 0.5) is 24.9 Å². The topological polar surface area (TPSA) is 145 Å². The Labute approximate surface area is 221 Å². The molecule has 2 N–H and O–H groups in total. The number of nitrogens with two attached hydrogens (primary N) is 1. The van der Waals surface area contributed by atoms with Crippen LogP contribution in [-0.2, 0) is 26.4 Å². The lowest BCUT2D eigenvalue weighted by Gasteiger charge is -2.34. The van der Waals surface area contributed by atoms with Crippen LogP contribution in [0.1, 0.15) is 12.6 Å². The van der Waals surface area contributed by atoms with Gasteiger partial charge in [0.15, 0.2) is 17.2 Å². The second kappa shape index (κ2) is 10.5. The summed E-state index contributed by atoms with van der Waals surface area (Å²) in [5.41, 5.74) is 2.96. The maximum Gasteiger partial charge on any atom is 0.434 e. The van der Waals surface area contributed by atoms with Crippen molar-refractivity contribution in [3.63, 3.8) is 0 Å². The first-order valence-electron chi connectivity index (χ1n) is 10.4. The van der Waals surface area contributed by atoms with E-state index >= 15 is 0 Å². The van der Waals surface area contributed by atoms with E-state index in [-0.39, 0.29) is 5.95 Å². The Hall–Kier alpha value is -2.27. The van der Waals surface area contributed by atoms with Gasteiger partial charge in [-0.2, -0.15) is 35.0 Å². The van der Waals surface area contributed by atoms with Crippen LogP contribution in [0.2, 0.25) is 10.0 Å². The Balaban J connectivity index is 2.29. The van der Waals surface area contributed by atoms with E-state index in [1.165, 1.54) is 0 Å². The molecule has 1 saturated heterocycles. The van der Waals surface area contributed by atoms with Gasteiger partial charge < -0.3 is 23.9 Å². The maximum atomic E-state index is 14.2. The zero-order chi connectivity index (χ0) is 27.9. The first-order chi connectivity index (χ1) is 16.9. The molecule has 0 radical (unpaired) electrons. The summed E-state index contributed by atoms with van der Waals surface area (Å²) >= 11 is 12.2. The van der Waals surface area contributed by atoms with Gasteiger partial charge in [-0.05, 0) is 12.6 Å². The predicted molar refractivity (Wildman–Crippen MR) is 132 cm³/mol. The molecule has 1 aromatic carbocycles. The fourth-order valence-electron chi connectivity index (χ4n) is 3.57. The van der Waals surface area contributed by atoms with Crippen LogP contribution in [0.15, 0.2) is 6.07 Å². The fraction of sp³-hybridized carbons (Fsp3) is 0.474. The lowest BCUT2D eigenvalue weighted by molar-refractivity contribution is -0.140. The molecule has 11 nitrogen and oxygen atoms in total. The second-order valence-electron chi connectivity index (χ2n) is 8.00. The van der Waals surface area contributed by atoms with Crippen LogP contribution < -0.4 is 19.0 Å². The van der Waals surface area contributed by atoms with Crippen LogP contribution in [0.25, 0.3) is 11.1 Å². The highest BCUT2D eigenvalue weighted by molar-refractivity contribution is 7.86. The molecule has 0 saturated carbocycles. The number of piperazine rings is 1. The molecule has 0 atom stereocenters. The minimum Gasteiger partial charge on any atom is -0.383 e. The Morgan fingerprint density at radius 2 is 1.54 bits per heavy atom. The van der Waals surface area contributed by atoms with Crippen molar-refractivity contribution in [2.75, 3.05) is 55.9 Å². The summed E-state index contributed by atoms with van der Waals surface area (Å²) in [4.78, 5) is 11.4. The molecule has 0 amide bonds. The summed E-state index contributed by atoms with van der Waals surface area (Å²) in [5, 5.41) is -1.40. The molecule has 2 aromatic rings. The molecule has 1 aromatic heterocycles. The van der Waals surface area contributed by atoms with Gasteiger partial charge in [0.05, 0.1) is 23.1 Å². The van der Waals surface area contributed by atoms with Gasteiger partial charge in [-0.3, -0.25) is 0 Å². The average Bonchev–Trinajstić information content (AvgIpc) is 2.76. The quantitative estimate of drug-likeness (QED) is 0.463. The molecule has 2 heterocycles. The molecule has 0 aliphatic carbocycles. The third kappa shape index (κ3) is 6.98. The molecule has 1 aliphatic heterocycles. The minimum atomic E-state index is -5.09. The van der Waals surface area contributed by atoms with Crippen molar-refractivity contribution >= 4 is 55.2 Å². The Kier molecular flexibility index (Phi) is 8.29. The Morgan fingerprint density at radius 1 is 1.00 bits per heavy atom. The standard InChI is InChI=1S/C19H22Cl2F3N5O6S2/c1-4-28-5-7-29(8-6-28)18-26-16(19(22,23)24)12(17(25)27-18)10-9-11(20)15(35-37(3,32)33)13(21)14(10)34-36(2,30)31/h9H,4-8H2,1-3H3,(H2,25,26,27). The van der Waals surface area contributed by atoms with Gasteiger partial charge in [-0.25, -0.2) is 4.98 Å². The van der Waals surface area contributed by atoms with Gasteiger partial charge in [-0.15, -0.1) is 0 Å². The maximum absolute atomic E-state index is 14.2. The molecule has 0 unspecified atom stereocenters. The number of aromatic nitrogens is 2. The number of nitrogens with zero attached hydrogens (tertiary/aromatic N) is 4. The first-order valence-corrected chi connectivity index (χ1v) is 14.8. The van der Waals surface area contributed by atoms with Crippen LogP contribution in [0.5, 0.6) is 11.5 Å². The molecule has 37 heavy (non-hydrogen) atoms. The number of rotatable bonds is 7. The second-order valence-corrected chi connectivity index (χ2v) is 11.9. The highest BCUT2D eigenvalue weighted by atomic mass is 35.5. The zero-order valence-electron chi connectivity index (χ0n) is 19.6. The Bertz CT molecular complexity index is 1420. The SMILES string of the molecule is CCN1CCN(c2nc(N)c(-c3cc(Cl)c(OS(C)(=O)=O)c(Cl)c3OS(C)(=O)=O)c(C(F)(F)F)n2)CC1. The number of anilines is 2. The van der Waals surface area contributed by atoms with Gasteiger partial charge >= 0.3 is 26.4 Å². The van der Waals surface area contributed by atoms with Crippen molar-refractivity contribution in [1.82, 2.24) is 14.9 Å². The van der Waals surface area contributed by atoms with Crippen LogP contribution in [0.3, 0.4) is 0 Å². The van der Waals surface area contributed by atoms with Crippen molar-refractivity contribution < 1.29 is 38.4 Å². The summed E-state index contributed by atoms with van der Waals surface area (Å²) in [6.45, 7) is 4.57. The predicted octanol–water partition coefficient (Wildman–Crippen LogP) is 2.87. The summed E-state index contributed by atoms with van der Waals surface area (Å²) in [5.74, 6) is -2.61. The van der Waals surface area contributed by atoms with Crippen LogP contribution in [-0.4, -0.2) is 76.9 Å². The minimum absolute atomic E-state index is 0.274. The van der Waals surface area contributed by atoms with Crippen LogP contribution in [0, 0.1) is 0 Å². The van der Waals surface area contributed by atoms with Gasteiger partial charge in [0.1, 0.15) is 10.8 Å². The van der Waals surface area contributed by atoms with Gasteiger partial charge in [-0.1, -0.05) is 30.1 Å². The van der Waals surface area contributed by atoms with E-state index in [0.717, 1.165) is 12.6 Å². The lowest BCUT2D eigenvalue weighted by atomic mass is 10.0. The molecule has 0 bridgehead atoms. The largest absolute Gasteiger partial charge is 0.434 e. The lowest BCUT2D eigenvalue weighted by Crippen LogP contribution is -2.47. The Morgan fingerprint density at radius 3 is 2.03 bits per heavy atom. The molecule has 1 aliphatic rings. The molecule has 1 fully saturated rings. The molecular weight excluding hydrogens is 586 g/mol. The van der Waals surface area contributed by atoms with Crippen molar-refractivity contribution in [3.05, 3.63) is 21.8 Å². The number of halogens is 5. The van der Waals surface area contributed by atoms with Gasteiger partial charge in [0, 0.05) is 31.7 Å². The zero-order valence-corrected chi connectivity index (χ0v) is 22.8. The molecule has 206 valence electrons. The van der Waals surface area contributed by atoms with E-state index in [1.807, 2.05) is 6.92 Å². The van der Waals surface area contributed by atoms with E-state index in [1.54, 1.807) is 4.90 Å². The number of hydrogen-bond acceptors (Lipinski definition) is 11. The van der Waals surface area contributed by atoms with E-state index < -0.39 is 70.6 Å². The third-order valence-corrected chi connectivity index (χ3v) is 6.73. The summed E-state index contributed by atoms with van der Waals surface area (Å²) in [7, 11) is -8.64. The number of likely N-dealkylation sites (N-methyl/N-ethyl adjacent to an activating group) is 1. The van der Waals surface area contributed by atoms with E-state index in [4.69, 9.17) is 37.3 Å². The van der Waals surface area contributed by atoms with E-state index in [9.17, 15) is 30.0 Å². The summed E-state index contributed by atoms with van der Waals surface area (Å²) < 4.78 is 99.4. The van der Waals surface area contributed by atoms with Crippen molar-refractivity contribution in [1.29, 1.82) is 0 Å². The number of alkyl halides is 3. The third-order valence-electron chi connectivity index (χ3n) is 5.17. The fourth-order valence-corrected chi connectivity index (χ4v) is 5.23. The molecule has 3 rings (SSSR count). The average molecular weight is 608 g/mol. The van der Waals surface area contributed by atoms with E-state index in [2.05, 4.69) is 14.9 Å². The number of nitrogen functional groups attached to an aromatic ring is 1. The highest BCUT2D eigenvalue weighted by Gasteiger charge is 2.40. The van der Waals surface area contributed by atoms with Gasteiger partial charge in [0.25, 0.3) is 0 Å². The van der Waals surface area contributed by atoms with Crippen molar-refractivity contribution in [2.45, 2.75) is 13.1 Å². The molecular formula is C19H22Cl2F3N5O6S2. The number of benzene rings is 1. The normalized spacial score (nSPS) is 15.6. The smallest absolute Gasteiger partial charge is 0.383 e. The van der Waals surface area contributed by atoms with Crippen LogP contribution >= 0.6 is 23.2 Å². The molecule has 18 heteroatoms. The van der Waals surface area contributed by atoms with Gasteiger partial charge in [0.2, 0.25) is 5.95 Å². The highest BCUT2D eigenvalue weighted by Crippen LogP contribution is 2.51. The first kappa shape index (κ1) is 29.3. The van der Waals surface area contributed by atoms with Crippen molar-refractivity contribution in [3.8, 4) is 22.6 Å². The number of hydrogen-bond donors (Lipinski definition) is 1.